The second-order valence-corrected chi connectivity index (χ2v) is 9.91. The maximum atomic E-state index is 13.5. The van der Waals surface area contributed by atoms with Crippen LogP contribution in [-0.4, -0.2) is 73.9 Å². The third-order valence-electron chi connectivity index (χ3n) is 5.98. The number of rotatable bonds is 16. The Kier molecular flexibility index (Phi) is 12.1. The van der Waals surface area contributed by atoms with Crippen molar-refractivity contribution in [2.24, 2.45) is 17.4 Å². The number of carboxylic acid groups (broad SMARTS) is 1. The Balaban J connectivity index is 2.28. The molecule has 2 aromatic rings. The number of benzene rings is 1. The molecule has 1 aromatic carbocycles. The molecule has 4 atom stereocenters. The predicted octanol–water partition coefficient (Wildman–Crippen LogP) is -0.922. The first-order chi connectivity index (χ1) is 18.8. The molecule has 0 spiro atoms. The highest BCUT2D eigenvalue weighted by atomic mass is 16.4. The number of imidazole rings is 1. The number of aromatic amines is 1. The van der Waals surface area contributed by atoms with E-state index in [0.29, 0.717) is 17.7 Å². The Morgan fingerprint density at radius 2 is 1.50 bits per heavy atom. The van der Waals surface area contributed by atoms with Gasteiger partial charge in [0.05, 0.1) is 12.4 Å². The zero-order chi connectivity index (χ0) is 29.8. The number of H-pyrrole nitrogens is 1. The largest absolute Gasteiger partial charge is 0.508 e. The van der Waals surface area contributed by atoms with Gasteiger partial charge in [-0.15, -0.1) is 0 Å². The average Bonchev–Trinajstić information content (AvgIpc) is 3.39. The van der Waals surface area contributed by atoms with Gasteiger partial charge in [-0.2, -0.15) is 0 Å². The lowest BCUT2D eigenvalue weighted by atomic mass is 10.0. The monoisotopic (exact) mass is 559 g/mol. The van der Waals surface area contributed by atoms with Crippen molar-refractivity contribution in [3.8, 4) is 5.75 Å². The quantitative estimate of drug-likeness (QED) is 0.127. The number of nitrogens with two attached hydrogens (primary N) is 2. The molecule has 40 heavy (non-hydrogen) atoms. The number of carbonyl (C=O) groups excluding carboxylic acids is 4. The number of nitrogens with zero attached hydrogens (tertiary/aromatic N) is 1. The van der Waals surface area contributed by atoms with Crippen molar-refractivity contribution in [1.29, 1.82) is 0 Å². The van der Waals surface area contributed by atoms with Crippen LogP contribution >= 0.6 is 0 Å². The van der Waals surface area contributed by atoms with Gasteiger partial charge in [0.15, 0.2) is 0 Å². The Bertz CT molecular complexity index is 1150. The fraction of sp³-hybridized carbons (Fsp3) is 0.462. The molecule has 0 aliphatic rings. The molecule has 0 saturated heterocycles. The molecule has 0 aliphatic heterocycles. The predicted molar refractivity (Wildman–Crippen MR) is 143 cm³/mol. The van der Waals surface area contributed by atoms with Crippen LogP contribution < -0.4 is 27.4 Å². The van der Waals surface area contributed by atoms with Crippen molar-refractivity contribution in [1.82, 2.24) is 25.9 Å². The number of amides is 4. The van der Waals surface area contributed by atoms with E-state index in [-0.39, 0.29) is 37.4 Å². The van der Waals surface area contributed by atoms with E-state index in [9.17, 15) is 34.2 Å². The van der Waals surface area contributed by atoms with Gasteiger partial charge >= 0.3 is 5.97 Å². The zero-order valence-corrected chi connectivity index (χ0v) is 22.4. The Hall–Kier alpha value is -4.46. The lowest BCUT2D eigenvalue weighted by Crippen LogP contribution is -2.58. The first-order valence-electron chi connectivity index (χ1n) is 12.8. The molecule has 0 radical (unpaired) electrons. The van der Waals surface area contributed by atoms with Crippen LogP contribution in [0, 0.1) is 5.92 Å². The van der Waals surface area contributed by atoms with E-state index >= 15 is 0 Å². The fourth-order valence-electron chi connectivity index (χ4n) is 3.88. The number of hydrogen-bond donors (Lipinski definition) is 8. The highest BCUT2D eigenvalue weighted by Gasteiger charge is 2.31. The standard InChI is InChI=1S/C26H37N7O7/c1-14(2)9-18(27)23(36)32-20(10-15-3-5-17(34)6-4-15)24(37)33-21(11-16-12-29-13-30-16)25(38)31-19(26(39)40)7-8-22(28)35/h3-6,12-14,18-21,34H,7-11,27H2,1-2H3,(H2,28,35)(H,29,30)(H,31,38)(H,32,36)(H,33,37)(H,39,40). The molecule has 10 N–H and O–H groups in total. The van der Waals surface area contributed by atoms with Crippen LogP contribution in [0.3, 0.4) is 0 Å². The lowest BCUT2D eigenvalue weighted by molar-refractivity contribution is -0.142. The fourth-order valence-corrected chi connectivity index (χ4v) is 3.88. The van der Waals surface area contributed by atoms with E-state index in [1.165, 1.54) is 24.7 Å². The van der Waals surface area contributed by atoms with Crippen LogP contribution in [0.5, 0.6) is 5.75 Å². The third kappa shape index (κ3) is 10.7. The molecule has 1 heterocycles. The van der Waals surface area contributed by atoms with Crippen LogP contribution in [0.4, 0.5) is 0 Å². The van der Waals surface area contributed by atoms with Crippen molar-refractivity contribution in [2.75, 3.05) is 0 Å². The van der Waals surface area contributed by atoms with Gasteiger partial charge in [0, 0.05) is 31.2 Å². The summed E-state index contributed by atoms with van der Waals surface area (Å²) in [6.45, 7) is 3.81. The summed E-state index contributed by atoms with van der Waals surface area (Å²) in [6.07, 6.45) is 2.62. The number of hydrogen-bond acceptors (Lipinski definition) is 8. The minimum absolute atomic E-state index is 0.0149. The number of carbonyl (C=O) groups is 5. The number of primary amides is 1. The summed E-state index contributed by atoms with van der Waals surface area (Å²) in [7, 11) is 0. The Morgan fingerprint density at radius 3 is 2.02 bits per heavy atom. The number of phenolic OH excluding ortho intramolecular Hbond substituents is 1. The molecule has 0 saturated carbocycles. The molecule has 0 aliphatic carbocycles. The number of aromatic nitrogens is 2. The van der Waals surface area contributed by atoms with Crippen LogP contribution in [0.25, 0.3) is 0 Å². The second-order valence-electron chi connectivity index (χ2n) is 9.91. The van der Waals surface area contributed by atoms with Crippen molar-refractivity contribution < 1.29 is 34.2 Å². The summed E-state index contributed by atoms with van der Waals surface area (Å²) in [5.74, 6) is -4.06. The molecule has 0 bridgehead atoms. The van der Waals surface area contributed by atoms with Crippen molar-refractivity contribution >= 4 is 29.6 Å². The number of aliphatic carboxylic acids is 1. The Morgan fingerprint density at radius 1 is 0.925 bits per heavy atom. The summed E-state index contributed by atoms with van der Waals surface area (Å²) in [6, 6.07) is 1.31. The van der Waals surface area contributed by atoms with Gasteiger partial charge in [-0.3, -0.25) is 19.2 Å². The molecule has 4 unspecified atom stereocenters. The highest BCUT2D eigenvalue weighted by molar-refractivity contribution is 5.94. The number of aromatic hydroxyl groups is 1. The molecule has 1 aromatic heterocycles. The Labute approximate surface area is 231 Å². The van der Waals surface area contributed by atoms with E-state index in [1.54, 1.807) is 12.1 Å². The maximum Gasteiger partial charge on any atom is 0.326 e. The van der Waals surface area contributed by atoms with E-state index < -0.39 is 53.8 Å². The first-order valence-corrected chi connectivity index (χ1v) is 12.8. The molecule has 4 amide bonds. The van der Waals surface area contributed by atoms with E-state index in [4.69, 9.17) is 11.5 Å². The summed E-state index contributed by atoms with van der Waals surface area (Å²) >= 11 is 0. The molecule has 14 nitrogen and oxygen atoms in total. The summed E-state index contributed by atoms with van der Waals surface area (Å²) in [5, 5.41) is 26.7. The third-order valence-corrected chi connectivity index (χ3v) is 5.98. The highest BCUT2D eigenvalue weighted by Crippen LogP contribution is 2.13. The SMILES string of the molecule is CC(C)CC(N)C(=O)NC(Cc1ccc(O)cc1)C(=O)NC(Cc1cnc[nH]1)C(=O)NC(CCC(N)=O)C(=O)O. The summed E-state index contributed by atoms with van der Waals surface area (Å²) < 4.78 is 0. The first kappa shape index (κ1) is 31.8. The van der Waals surface area contributed by atoms with Gasteiger partial charge in [0.2, 0.25) is 23.6 Å². The van der Waals surface area contributed by atoms with Crippen molar-refractivity contribution in [2.45, 2.75) is 70.1 Å². The molecule has 218 valence electrons. The van der Waals surface area contributed by atoms with Crippen LogP contribution in [0.15, 0.2) is 36.8 Å². The molecule has 14 heteroatoms. The molecular weight excluding hydrogens is 522 g/mol. The second kappa shape index (κ2) is 15.2. The lowest BCUT2D eigenvalue weighted by Gasteiger charge is -2.25. The molecule has 0 fully saturated rings. The van der Waals surface area contributed by atoms with Crippen molar-refractivity contribution in [3.05, 3.63) is 48.0 Å². The van der Waals surface area contributed by atoms with Gasteiger partial charge in [-0.25, -0.2) is 9.78 Å². The average molecular weight is 560 g/mol. The van der Waals surface area contributed by atoms with Crippen LogP contribution in [-0.2, 0) is 36.8 Å². The number of phenols is 1. The van der Waals surface area contributed by atoms with Crippen LogP contribution in [0.1, 0.15) is 44.4 Å². The number of nitrogens with one attached hydrogen (secondary N) is 4. The van der Waals surface area contributed by atoms with Gasteiger partial charge in [-0.05, 0) is 36.5 Å². The van der Waals surface area contributed by atoms with Crippen molar-refractivity contribution in [3.63, 3.8) is 0 Å². The van der Waals surface area contributed by atoms with Crippen LogP contribution in [0.2, 0.25) is 0 Å². The summed E-state index contributed by atoms with van der Waals surface area (Å²) in [5.41, 5.74) is 12.2. The minimum atomic E-state index is -1.43. The molecule has 2 rings (SSSR count). The minimum Gasteiger partial charge on any atom is -0.508 e. The van der Waals surface area contributed by atoms with Gasteiger partial charge in [-0.1, -0.05) is 26.0 Å². The smallest absolute Gasteiger partial charge is 0.326 e. The molecular formula is C26H37N7O7. The zero-order valence-electron chi connectivity index (χ0n) is 22.4. The number of carboxylic acids is 1. The van der Waals surface area contributed by atoms with E-state index in [2.05, 4.69) is 25.9 Å². The van der Waals surface area contributed by atoms with Gasteiger partial charge < -0.3 is 42.6 Å². The maximum absolute atomic E-state index is 13.5. The normalized spacial score (nSPS) is 14.0. The topological polar surface area (TPSA) is 243 Å². The van der Waals surface area contributed by atoms with E-state index in [0.717, 1.165) is 0 Å². The van der Waals surface area contributed by atoms with E-state index in [1.807, 2.05) is 13.8 Å². The van der Waals surface area contributed by atoms with Gasteiger partial charge in [0.25, 0.3) is 0 Å². The summed E-state index contributed by atoms with van der Waals surface area (Å²) in [4.78, 5) is 69.0. The van der Waals surface area contributed by atoms with Gasteiger partial charge in [0.1, 0.15) is 23.9 Å².